The number of nitrogens with zero attached hydrogens (tertiary/aromatic N) is 3. The number of amides is 2. The van der Waals surface area contributed by atoms with E-state index in [0.29, 0.717) is 23.7 Å². The first kappa shape index (κ1) is 21.7. The Bertz CT molecular complexity index is 1190. The third-order valence-electron chi connectivity index (χ3n) is 5.78. The number of aromatic nitrogens is 2. The number of hydrogen-bond donors (Lipinski definition) is 1. The van der Waals surface area contributed by atoms with Crippen molar-refractivity contribution in [3.63, 3.8) is 0 Å². The lowest BCUT2D eigenvalue weighted by atomic mass is 9.92. The largest absolute Gasteiger partial charge is 0.346 e. The Hall–Kier alpha value is -2.57. The van der Waals surface area contributed by atoms with Crippen LogP contribution in [0.2, 0.25) is 10.0 Å². The van der Waals surface area contributed by atoms with Crippen molar-refractivity contribution in [2.24, 2.45) is 0 Å². The molecule has 4 rings (SSSR count). The van der Waals surface area contributed by atoms with Crippen molar-refractivity contribution in [1.82, 2.24) is 19.8 Å². The minimum atomic E-state index is -0.490. The number of aromatic amines is 1. The van der Waals surface area contributed by atoms with Gasteiger partial charge in [0, 0.05) is 55.9 Å². The molecular weight excluding hydrogens is 438 g/mol. The Balaban J connectivity index is 1.68. The third-order valence-corrected chi connectivity index (χ3v) is 6.49. The molecule has 1 N–H and O–H groups in total. The average molecular weight is 461 g/mol. The van der Waals surface area contributed by atoms with Gasteiger partial charge in [0.2, 0.25) is 0 Å². The summed E-state index contributed by atoms with van der Waals surface area (Å²) in [6.45, 7) is 3.17. The highest BCUT2D eigenvalue weighted by Crippen LogP contribution is 2.39. The normalized spacial score (nSPS) is 15.2. The van der Waals surface area contributed by atoms with Crippen LogP contribution < -0.4 is 0 Å². The number of halogens is 3. The Kier molecular flexibility index (Phi) is 5.95. The van der Waals surface area contributed by atoms with Gasteiger partial charge in [0.25, 0.3) is 0 Å². The second-order valence-corrected chi connectivity index (χ2v) is 8.73. The van der Waals surface area contributed by atoms with E-state index in [2.05, 4.69) is 22.1 Å². The molecule has 2 amide bonds. The molecule has 162 valence electrons. The standard InChI is InChI=1S/C23H23Cl2FN4O/c1-13(20-18(24)4-5-19(26)21(20)25)17-12-28-22-16(17)10-15(11-27-22)14-6-8-30(9-7-14)23(31)29(2)3/h4-6,10-13H,7-9H2,1-3H3,(H,27,28). The summed E-state index contributed by atoms with van der Waals surface area (Å²) in [7, 11) is 3.51. The van der Waals surface area contributed by atoms with Crippen LogP contribution in [0.5, 0.6) is 0 Å². The molecule has 0 saturated heterocycles. The minimum absolute atomic E-state index is 0.00877. The maximum Gasteiger partial charge on any atom is 0.319 e. The van der Waals surface area contributed by atoms with E-state index in [0.717, 1.165) is 34.2 Å². The predicted octanol–water partition coefficient (Wildman–Crippen LogP) is 5.93. The molecule has 0 bridgehead atoms. The summed E-state index contributed by atoms with van der Waals surface area (Å²) in [5.41, 5.74) is 4.41. The third kappa shape index (κ3) is 4.02. The topological polar surface area (TPSA) is 52.2 Å². The van der Waals surface area contributed by atoms with Crippen LogP contribution >= 0.6 is 23.2 Å². The Morgan fingerprint density at radius 2 is 2.10 bits per heavy atom. The number of urea groups is 1. The molecule has 0 radical (unpaired) electrons. The fraction of sp³-hybridized carbons (Fsp3) is 0.304. The zero-order chi connectivity index (χ0) is 22.3. The van der Waals surface area contributed by atoms with Gasteiger partial charge >= 0.3 is 6.03 Å². The lowest BCUT2D eigenvalue weighted by Crippen LogP contribution is -2.41. The average Bonchev–Trinajstić information content (AvgIpc) is 3.19. The molecule has 1 aliphatic heterocycles. The molecular formula is C23H23Cl2FN4O. The molecule has 1 aromatic carbocycles. The van der Waals surface area contributed by atoms with Crippen molar-refractivity contribution < 1.29 is 9.18 Å². The first-order valence-corrected chi connectivity index (χ1v) is 10.8. The van der Waals surface area contributed by atoms with E-state index in [1.165, 1.54) is 12.1 Å². The molecule has 3 heterocycles. The number of pyridine rings is 1. The van der Waals surface area contributed by atoms with Gasteiger partial charge in [0.1, 0.15) is 11.5 Å². The molecule has 1 atom stereocenters. The molecule has 3 aromatic rings. The van der Waals surface area contributed by atoms with E-state index in [9.17, 15) is 9.18 Å². The van der Waals surface area contributed by atoms with Crippen LogP contribution in [0.15, 0.2) is 36.7 Å². The van der Waals surface area contributed by atoms with Crippen LogP contribution in [0.25, 0.3) is 16.6 Å². The second kappa shape index (κ2) is 8.52. The zero-order valence-electron chi connectivity index (χ0n) is 17.5. The number of hydrogen-bond acceptors (Lipinski definition) is 2. The van der Waals surface area contributed by atoms with Crippen molar-refractivity contribution in [2.75, 3.05) is 27.2 Å². The highest BCUT2D eigenvalue weighted by atomic mass is 35.5. The monoisotopic (exact) mass is 460 g/mol. The number of nitrogens with one attached hydrogen (secondary N) is 1. The highest BCUT2D eigenvalue weighted by Gasteiger charge is 2.23. The molecule has 0 aliphatic carbocycles. The van der Waals surface area contributed by atoms with E-state index in [-0.39, 0.29) is 17.0 Å². The first-order chi connectivity index (χ1) is 14.8. The summed E-state index contributed by atoms with van der Waals surface area (Å²) in [5, 5.41) is 1.41. The highest BCUT2D eigenvalue weighted by molar-refractivity contribution is 6.36. The smallest absolute Gasteiger partial charge is 0.319 e. The van der Waals surface area contributed by atoms with E-state index >= 15 is 0 Å². The number of H-pyrrole nitrogens is 1. The van der Waals surface area contributed by atoms with E-state index in [4.69, 9.17) is 23.2 Å². The molecule has 8 heteroatoms. The number of rotatable bonds is 3. The van der Waals surface area contributed by atoms with Crippen LogP contribution in [0.4, 0.5) is 9.18 Å². The maximum atomic E-state index is 14.1. The number of carbonyl (C=O) groups is 1. The number of carbonyl (C=O) groups excluding carboxylic acids is 1. The fourth-order valence-corrected chi connectivity index (χ4v) is 4.74. The van der Waals surface area contributed by atoms with E-state index in [1.807, 2.05) is 24.2 Å². The molecule has 1 aliphatic rings. The van der Waals surface area contributed by atoms with Gasteiger partial charge in [-0.15, -0.1) is 0 Å². The molecule has 5 nitrogen and oxygen atoms in total. The minimum Gasteiger partial charge on any atom is -0.346 e. The van der Waals surface area contributed by atoms with Crippen LogP contribution in [0.3, 0.4) is 0 Å². The second-order valence-electron chi connectivity index (χ2n) is 7.95. The van der Waals surface area contributed by atoms with E-state index in [1.54, 1.807) is 19.0 Å². The Morgan fingerprint density at radius 1 is 1.32 bits per heavy atom. The molecule has 0 spiro atoms. The summed E-state index contributed by atoms with van der Waals surface area (Å²) in [6.07, 6.45) is 6.54. The van der Waals surface area contributed by atoms with Gasteiger partial charge in [-0.1, -0.05) is 36.2 Å². The van der Waals surface area contributed by atoms with Crippen LogP contribution in [-0.2, 0) is 0 Å². The fourth-order valence-electron chi connectivity index (χ4n) is 4.04. The first-order valence-electron chi connectivity index (χ1n) is 10.0. The summed E-state index contributed by atoms with van der Waals surface area (Å²) in [5.74, 6) is -0.717. The van der Waals surface area contributed by atoms with Crippen LogP contribution in [0.1, 0.15) is 36.0 Å². The van der Waals surface area contributed by atoms with Gasteiger partial charge in [0.05, 0.1) is 5.02 Å². The van der Waals surface area contributed by atoms with Crippen molar-refractivity contribution in [3.05, 3.63) is 69.2 Å². The van der Waals surface area contributed by atoms with Gasteiger partial charge in [-0.25, -0.2) is 14.2 Å². The lowest BCUT2D eigenvalue weighted by Gasteiger charge is -2.29. The van der Waals surface area contributed by atoms with Gasteiger partial charge in [-0.2, -0.15) is 0 Å². The molecule has 0 fully saturated rings. The molecule has 31 heavy (non-hydrogen) atoms. The molecule has 0 saturated carbocycles. The Labute approximate surface area is 190 Å². The predicted molar refractivity (Wildman–Crippen MR) is 123 cm³/mol. The zero-order valence-corrected chi connectivity index (χ0v) is 19.1. The van der Waals surface area contributed by atoms with Gasteiger partial charge < -0.3 is 14.8 Å². The van der Waals surface area contributed by atoms with Crippen molar-refractivity contribution in [2.45, 2.75) is 19.3 Å². The Morgan fingerprint density at radius 3 is 2.77 bits per heavy atom. The molecule has 2 aromatic heterocycles. The van der Waals surface area contributed by atoms with Gasteiger partial charge in [-0.05, 0) is 46.9 Å². The van der Waals surface area contributed by atoms with Crippen molar-refractivity contribution in [3.8, 4) is 0 Å². The van der Waals surface area contributed by atoms with Crippen molar-refractivity contribution in [1.29, 1.82) is 0 Å². The van der Waals surface area contributed by atoms with Crippen LogP contribution in [0, 0.1) is 5.82 Å². The number of benzene rings is 1. The van der Waals surface area contributed by atoms with Crippen LogP contribution in [-0.4, -0.2) is 53.0 Å². The summed E-state index contributed by atoms with van der Waals surface area (Å²) in [6, 6.07) is 4.90. The summed E-state index contributed by atoms with van der Waals surface area (Å²) >= 11 is 12.6. The van der Waals surface area contributed by atoms with E-state index < -0.39 is 5.82 Å². The maximum absolute atomic E-state index is 14.1. The summed E-state index contributed by atoms with van der Waals surface area (Å²) in [4.78, 5) is 23.3. The molecule has 1 unspecified atom stereocenters. The number of fused-ring (bicyclic) bond motifs is 1. The van der Waals surface area contributed by atoms with Gasteiger partial charge in [-0.3, -0.25) is 0 Å². The summed E-state index contributed by atoms with van der Waals surface area (Å²) < 4.78 is 14.1. The lowest BCUT2D eigenvalue weighted by molar-refractivity contribution is 0.176. The quantitative estimate of drug-likeness (QED) is 0.492. The van der Waals surface area contributed by atoms with Crippen molar-refractivity contribution >= 4 is 45.8 Å². The van der Waals surface area contributed by atoms with Gasteiger partial charge in [0.15, 0.2) is 0 Å². The SMILES string of the molecule is CC(c1c(Cl)ccc(F)c1Cl)c1c[nH]c2ncc(C3=CCN(C(=O)N(C)C)CC3)cc12.